The van der Waals surface area contributed by atoms with E-state index in [0.717, 1.165) is 38.4 Å². The Labute approximate surface area is 134 Å². The molecule has 1 aliphatic heterocycles. The summed E-state index contributed by atoms with van der Waals surface area (Å²) in [5, 5.41) is 3.23. The van der Waals surface area contributed by atoms with E-state index in [0.29, 0.717) is 5.56 Å². The molecule has 1 aromatic carbocycles. The van der Waals surface area contributed by atoms with Crippen LogP contribution in [-0.2, 0) is 6.54 Å². The lowest BCUT2D eigenvalue weighted by Gasteiger charge is -2.21. The molecule has 0 amide bonds. The molecule has 1 aliphatic rings. The third kappa shape index (κ3) is 5.65. The average Bonchev–Trinajstić information content (AvgIpc) is 3.03. The molecule has 7 heteroatoms. The molecule has 1 aromatic rings. The van der Waals surface area contributed by atoms with Gasteiger partial charge in [0.05, 0.1) is 6.54 Å². The standard InChI is InChI=1S/C16H22F3N3O/c1-2-20-15(22-9-5-6-10-22)21-11-13-7-3-4-8-14(13)23-12-16(17,18)19/h3-4,7-8H,2,5-6,9-12H2,1H3,(H,20,21). The van der Waals surface area contributed by atoms with E-state index in [1.165, 1.54) is 0 Å². The number of rotatable bonds is 5. The molecular formula is C16H22F3N3O. The van der Waals surface area contributed by atoms with Crippen LogP contribution in [0, 0.1) is 0 Å². The van der Waals surface area contributed by atoms with Gasteiger partial charge in [-0.15, -0.1) is 0 Å². The lowest BCUT2D eigenvalue weighted by atomic mass is 10.2. The van der Waals surface area contributed by atoms with Crippen LogP contribution < -0.4 is 10.1 Å². The van der Waals surface area contributed by atoms with Crippen LogP contribution in [-0.4, -0.2) is 43.3 Å². The monoisotopic (exact) mass is 329 g/mol. The van der Waals surface area contributed by atoms with Crippen molar-refractivity contribution in [2.45, 2.75) is 32.5 Å². The van der Waals surface area contributed by atoms with E-state index in [9.17, 15) is 13.2 Å². The van der Waals surface area contributed by atoms with Gasteiger partial charge < -0.3 is 15.0 Å². The zero-order valence-corrected chi connectivity index (χ0v) is 13.2. The normalized spacial score (nSPS) is 15.8. The van der Waals surface area contributed by atoms with Crippen molar-refractivity contribution in [2.75, 3.05) is 26.2 Å². The molecule has 0 unspecified atom stereocenters. The highest BCUT2D eigenvalue weighted by Gasteiger charge is 2.28. The largest absolute Gasteiger partial charge is 0.484 e. The number of para-hydroxylation sites is 1. The van der Waals surface area contributed by atoms with Crippen molar-refractivity contribution in [3.05, 3.63) is 29.8 Å². The highest BCUT2D eigenvalue weighted by molar-refractivity contribution is 5.80. The molecule has 1 N–H and O–H groups in total. The number of nitrogens with one attached hydrogen (secondary N) is 1. The van der Waals surface area contributed by atoms with Gasteiger partial charge in [0.2, 0.25) is 0 Å². The van der Waals surface area contributed by atoms with E-state index < -0.39 is 12.8 Å². The Morgan fingerprint density at radius 1 is 1.26 bits per heavy atom. The molecule has 1 saturated heterocycles. The first-order valence-corrected chi connectivity index (χ1v) is 7.80. The van der Waals surface area contributed by atoms with Gasteiger partial charge in [-0.3, -0.25) is 0 Å². The molecular weight excluding hydrogens is 307 g/mol. The van der Waals surface area contributed by atoms with Crippen LogP contribution in [0.25, 0.3) is 0 Å². The second kappa shape index (κ2) is 8.08. The second-order valence-corrected chi connectivity index (χ2v) is 5.38. The minimum Gasteiger partial charge on any atom is -0.484 e. The van der Waals surface area contributed by atoms with E-state index in [-0.39, 0.29) is 12.3 Å². The number of hydrogen-bond acceptors (Lipinski definition) is 2. The number of halogens is 3. The molecule has 4 nitrogen and oxygen atoms in total. The fourth-order valence-corrected chi connectivity index (χ4v) is 2.45. The van der Waals surface area contributed by atoms with Gasteiger partial charge in [0.25, 0.3) is 0 Å². The van der Waals surface area contributed by atoms with Gasteiger partial charge in [-0.05, 0) is 25.8 Å². The van der Waals surface area contributed by atoms with Crippen molar-refractivity contribution < 1.29 is 17.9 Å². The van der Waals surface area contributed by atoms with Crippen molar-refractivity contribution in [1.82, 2.24) is 10.2 Å². The molecule has 2 rings (SSSR count). The molecule has 1 fully saturated rings. The molecule has 0 atom stereocenters. The van der Waals surface area contributed by atoms with Crippen LogP contribution >= 0.6 is 0 Å². The highest BCUT2D eigenvalue weighted by Crippen LogP contribution is 2.23. The summed E-state index contributed by atoms with van der Waals surface area (Å²) < 4.78 is 41.9. The lowest BCUT2D eigenvalue weighted by molar-refractivity contribution is -0.153. The Morgan fingerprint density at radius 2 is 1.96 bits per heavy atom. The van der Waals surface area contributed by atoms with E-state index >= 15 is 0 Å². The summed E-state index contributed by atoms with van der Waals surface area (Å²) in [7, 11) is 0. The van der Waals surface area contributed by atoms with Gasteiger partial charge in [0.15, 0.2) is 12.6 Å². The maximum atomic E-state index is 12.3. The first-order valence-electron chi connectivity index (χ1n) is 7.80. The number of aliphatic imine (C=N–C) groups is 1. The average molecular weight is 329 g/mol. The first-order chi connectivity index (χ1) is 11.0. The summed E-state index contributed by atoms with van der Waals surface area (Å²) in [4.78, 5) is 6.71. The van der Waals surface area contributed by atoms with Gasteiger partial charge in [-0.1, -0.05) is 18.2 Å². The van der Waals surface area contributed by atoms with Gasteiger partial charge in [-0.25, -0.2) is 4.99 Å². The van der Waals surface area contributed by atoms with Gasteiger partial charge >= 0.3 is 6.18 Å². The Balaban J connectivity index is 2.07. The predicted octanol–water partition coefficient (Wildman–Crippen LogP) is 3.19. The number of nitrogens with zero attached hydrogens (tertiary/aromatic N) is 2. The number of ether oxygens (including phenoxy) is 1. The van der Waals surface area contributed by atoms with Crippen LogP contribution in [0.4, 0.5) is 13.2 Å². The predicted molar refractivity (Wildman–Crippen MR) is 83.6 cm³/mol. The molecule has 23 heavy (non-hydrogen) atoms. The van der Waals surface area contributed by atoms with E-state index in [4.69, 9.17) is 4.74 Å². The Bertz CT molecular complexity index is 526. The van der Waals surface area contributed by atoms with E-state index in [1.54, 1.807) is 24.3 Å². The van der Waals surface area contributed by atoms with Crippen molar-refractivity contribution in [1.29, 1.82) is 0 Å². The summed E-state index contributed by atoms with van der Waals surface area (Å²) in [6, 6.07) is 6.71. The molecule has 0 aromatic heterocycles. The fourth-order valence-electron chi connectivity index (χ4n) is 2.45. The van der Waals surface area contributed by atoms with E-state index in [1.807, 2.05) is 6.92 Å². The summed E-state index contributed by atoms with van der Waals surface area (Å²) in [6.07, 6.45) is -2.08. The van der Waals surface area contributed by atoms with Crippen molar-refractivity contribution >= 4 is 5.96 Å². The highest BCUT2D eigenvalue weighted by atomic mass is 19.4. The van der Waals surface area contributed by atoms with Gasteiger partial charge in [0, 0.05) is 25.2 Å². The number of hydrogen-bond donors (Lipinski definition) is 1. The SMILES string of the molecule is CCNC(=NCc1ccccc1OCC(F)(F)F)N1CCCC1. The molecule has 1 heterocycles. The van der Waals surface area contributed by atoms with Gasteiger partial charge in [-0.2, -0.15) is 13.2 Å². The quantitative estimate of drug-likeness (QED) is 0.666. The summed E-state index contributed by atoms with van der Waals surface area (Å²) in [5.74, 6) is 1.03. The number of guanidine groups is 1. The molecule has 0 bridgehead atoms. The minimum absolute atomic E-state index is 0.228. The third-order valence-electron chi connectivity index (χ3n) is 3.50. The van der Waals surface area contributed by atoms with Crippen LogP contribution in [0.1, 0.15) is 25.3 Å². The van der Waals surface area contributed by atoms with Crippen LogP contribution in [0.5, 0.6) is 5.75 Å². The van der Waals surface area contributed by atoms with Gasteiger partial charge in [0.1, 0.15) is 5.75 Å². The van der Waals surface area contributed by atoms with E-state index in [2.05, 4.69) is 15.2 Å². The van der Waals surface area contributed by atoms with Crippen LogP contribution in [0.3, 0.4) is 0 Å². The first kappa shape index (κ1) is 17.4. The topological polar surface area (TPSA) is 36.9 Å². The maximum Gasteiger partial charge on any atom is 0.422 e. The number of alkyl halides is 3. The Hall–Kier alpha value is -1.92. The lowest BCUT2D eigenvalue weighted by Crippen LogP contribution is -2.39. The molecule has 128 valence electrons. The fraction of sp³-hybridized carbons (Fsp3) is 0.562. The Morgan fingerprint density at radius 3 is 2.61 bits per heavy atom. The Kier molecular flexibility index (Phi) is 6.12. The van der Waals surface area contributed by atoms with Crippen molar-refractivity contribution in [2.24, 2.45) is 4.99 Å². The third-order valence-corrected chi connectivity index (χ3v) is 3.50. The summed E-state index contributed by atoms with van der Waals surface area (Å²) >= 11 is 0. The summed E-state index contributed by atoms with van der Waals surface area (Å²) in [5.41, 5.74) is 0.645. The molecule has 0 radical (unpaired) electrons. The molecule has 0 spiro atoms. The number of likely N-dealkylation sites (tertiary alicyclic amines) is 1. The zero-order chi connectivity index (χ0) is 16.7. The van der Waals surface area contributed by atoms with Crippen molar-refractivity contribution in [3.63, 3.8) is 0 Å². The number of benzene rings is 1. The molecule has 0 aliphatic carbocycles. The molecule has 0 saturated carbocycles. The zero-order valence-electron chi connectivity index (χ0n) is 13.2. The second-order valence-electron chi connectivity index (χ2n) is 5.38. The smallest absolute Gasteiger partial charge is 0.422 e. The maximum absolute atomic E-state index is 12.3. The van der Waals surface area contributed by atoms with Crippen LogP contribution in [0.15, 0.2) is 29.3 Å². The minimum atomic E-state index is -4.35. The van der Waals surface area contributed by atoms with Crippen LogP contribution in [0.2, 0.25) is 0 Å². The summed E-state index contributed by atoms with van der Waals surface area (Å²) in [6.45, 7) is 3.65. The van der Waals surface area contributed by atoms with Crippen molar-refractivity contribution in [3.8, 4) is 5.75 Å².